The molecule has 0 radical (unpaired) electrons. The van der Waals surface area contributed by atoms with E-state index in [9.17, 15) is 4.79 Å². The molecule has 4 heteroatoms. The van der Waals surface area contributed by atoms with Gasteiger partial charge in [0.1, 0.15) is 6.61 Å². The molecule has 0 saturated heterocycles. The molecule has 0 saturated carbocycles. The van der Waals surface area contributed by atoms with Crippen molar-refractivity contribution in [1.29, 1.82) is 0 Å². The fraction of sp³-hybridized carbons (Fsp3) is 0.364. The summed E-state index contributed by atoms with van der Waals surface area (Å²) in [6.45, 7) is 1.43. The predicted molar refractivity (Wildman–Crippen MR) is 53.9 cm³/mol. The van der Waals surface area contributed by atoms with E-state index in [1.54, 1.807) is 0 Å². The van der Waals surface area contributed by atoms with Crippen LogP contribution < -0.4 is 0 Å². The van der Waals surface area contributed by atoms with Crippen LogP contribution in [0, 0.1) is 0 Å². The molecule has 1 rings (SSSR count). The molecule has 2 N–H and O–H groups in total. The zero-order valence-electron chi connectivity index (χ0n) is 8.46. The maximum Gasteiger partial charge on any atom is 0.338 e. The first-order valence-electron chi connectivity index (χ1n) is 4.68. The van der Waals surface area contributed by atoms with Gasteiger partial charge in [0.15, 0.2) is 6.10 Å². The maximum absolute atomic E-state index is 11.1. The van der Waals surface area contributed by atoms with Gasteiger partial charge in [0.2, 0.25) is 0 Å². The molecule has 15 heavy (non-hydrogen) atoms. The quantitative estimate of drug-likeness (QED) is 0.709. The molecule has 82 valence electrons. The minimum atomic E-state index is -1.48. The lowest BCUT2D eigenvalue weighted by atomic mass is 10.2. The van der Waals surface area contributed by atoms with Crippen molar-refractivity contribution in [3.05, 3.63) is 35.9 Å². The molecule has 2 atom stereocenters. The van der Waals surface area contributed by atoms with E-state index in [4.69, 9.17) is 14.9 Å². The van der Waals surface area contributed by atoms with E-state index in [2.05, 4.69) is 0 Å². The molecule has 4 nitrogen and oxygen atoms in total. The highest BCUT2D eigenvalue weighted by molar-refractivity contribution is 5.74. The Morgan fingerprint density at radius 1 is 1.33 bits per heavy atom. The first kappa shape index (κ1) is 11.7. The van der Waals surface area contributed by atoms with Gasteiger partial charge in [-0.1, -0.05) is 30.3 Å². The molecule has 0 aliphatic rings. The molecular weight excluding hydrogens is 196 g/mol. The Labute approximate surface area is 88.1 Å². The number of rotatable bonds is 4. The molecule has 0 spiro atoms. The Morgan fingerprint density at radius 3 is 2.47 bits per heavy atom. The van der Waals surface area contributed by atoms with E-state index in [1.165, 1.54) is 6.92 Å². The van der Waals surface area contributed by atoms with Crippen molar-refractivity contribution in [1.82, 2.24) is 0 Å². The van der Waals surface area contributed by atoms with Gasteiger partial charge in [-0.05, 0) is 12.5 Å². The molecule has 0 aromatic heterocycles. The first-order valence-corrected chi connectivity index (χ1v) is 4.68. The number of carbonyl (C=O) groups is 1. The Balaban J connectivity index is 2.41. The van der Waals surface area contributed by atoms with Crippen molar-refractivity contribution in [2.45, 2.75) is 25.7 Å². The second-order valence-corrected chi connectivity index (χ2v) is 3.28. The minimum absolute atomic E-state index is 0.101. The van der Waals surface area contributed by atoms with Gasteiger partial charge in [0.25, 0.3) is 0 Å². The summed E-state index contributed by atoms with van der Waals surface area (Å²) in [5.74, 6) is -0.811. The van der Waals surface area contributed by atoms with Gasteiger partial charge in [0.05, 0.1) is 6.10 Å². The molecule has 0 heterocycles. The average Bonchev–Trinajstić information content (AvgIpc) is 2.26. The van der Waals surface area contributed by atoms with Gasteiger partial charge in [-0.25, -0.2) is 4.79 Å². The fourth-order valence-corrected chi connectivity index (χ4v) is 1.01. The predicted octanol–water partition coefficient (Wildman–Crippen LogP) is 0.471. The van der Waals surface area contributed by atoms with Crippen molar-refractivity contribution >= 4 is 5.97 Å². The van der Waals surface area contributed by atoms with Gasteiger partial charge in [-0.3, -0.25) is 0 Å². The second kappa shape index (κ2) is 5.48. The second-order valence-electron chi connectivity index (χ2n) is 3.28. The van der Waals surface area contributed by atoms with Crippen molar-refractivity contribution in [3.63, 3.8) is 0 Å². The summed E-state index contributed by atoms with van der Waals surface area (Å²) in [5.41, 5.74) is 0.837. The highest BCUT2D eigenvalue weighted by Gasteiger charge is 2.21. The summed E-state index contributed by atoms with van der Waals surface area (Å²) in [6, 6.07) is 9.13. The van der Waals surface area contributed by atoms with Crippen molar-refractivity contribution in [3.8, 4) is 0 Å². The van der Waals surface area contributed by atoms with Crippen LogP contribution in [0.4, 0.5) is 0 Å². The number of aliphatic hydroxyl groups excluding tert-OH is 2. The molecule has 0 aliphatic heterocycles. The molecule has 0 fully saturated rings. The molecule has 0 amide bonds. The third-order valence-corrected chi connectivity index (χ3v) is 1.92. The summed E-state index contributed by atoms with van der Waals surface area (Å²) in [6.07, 6.45) is -2.60. The van der Waals surface area contributed by atoms with E-state index in [-0.39, 0.29) is 6.61 Å². The summed E-state index contributed by atoms with van der Waals surface area (Å²) in [4.78, 5) is 11.1. The number of hydrogen-bond acceptors (Lipinski definition) is 4. The standard InChI is InChI=1S/C11H14O4/c1-8(12)10(13)11(14)15-7-9-5-3-2-4-6-9/h2-6,8,10,12-13H,7H2,1H3/t8?,10-/m1/s1. The van der Waals surface area contributed by atoms with Crippen LogP contribution in [0.3, 0.4) is 0 Å². The summed E-state index contributed by atoms with van der Waals surface area (Å²) in [7, 11) is 0. The van der Waals surface area contributed by atoms with Crippen LogP contribution in [0.2, 0.25) is 0 Å². The molecule has 0 bridgehead atoms. The zero-order valence-corrected chi connectivity index (χ0v) is 8.46. The van der Waals surface area contributed by atoms with Crippen LogP contribution in [-0.4, -0.2) is 28.4 Å². The summed E-state index contributed by atoms with van der Waals surface area (Å²) in [5, 5.41) is 18.1. The van der Waals surface area contributed by atoms with Crippen LogP contribution in [0.25, 0.3) is 0 Å². The van der Waals surface area contributed by atoms with Crippen molar-refractivity contribution in [2.24, 2.45) is 0 Å². The molecule has 1 unspecified atom stereocenters. The van der Waals surface area contributed by atoms with E-state index in [0.717, 1.165) is 5.56 Å². The Morgan fingerprint density at radius 2 is 1.93 bits per heavy atom. The summed E-state index contributed by atoms with van der Waals surface area (Å²) < 4.78 is 4.80. The van der Waals surface area contributed by atoms with E-state index in [1.807, 2.05) is 30.3 Å². The zero-order chi connectivity index (χ0) is 11.3. The minimum Gasteiger partial charge on any atom is -0.459 e. The summed E-state index contributed by atoms with van der Waals surface area (Å²) >= 11 is 0. The smallest absolute Gasteiger partial charge is 0.338 e. The number of aliphatic hydroxyl groups is 2. The maximum atomic E-state index is 11.1. The lowest BCUT2D eigenvalue weighted by Crippen LogP contribution is -2.33. The fourth-order valence-electron chi connectivity index (χ4n) is 1.01. The SMILES string of the molecule is CC(O)[C@@H](O)C(=O)OCc1ccccc1. The lowest BCUT2D eigenvalue weighted by molar-refractivity contribution is -0.160. The van der Waals surface area contributed by atoms with E-state index >= 15 is 0 Å². The van der Waals surface area contributed by atoms with Crippen LogP contribution in [0.5, 0.6) is 0 Å². The topological polar surface area (TPSA) is 66.8 Å². The third kappa shape index (κ3) is 3.69. The normalized spacial score (nSPS) is 14.3. The molecular formula is C11H14O4. The van der Waals surface area contributed by atoms with Crippen LogP contribution in [0.1, 0.15) is 12.5 Å². The molecule has 1 aromatic carbocycles. The van der Waals surface area contributed by atoms with E-state index < -0.39 is 18.2 Å². The van der Waals surface area contributed by atoms with Crippen LogP contribution in [-0.2, 0) is 16.1 Å². The number of esters is 1. The monoisotopic (exact) mass is 210 g/mol. The van der Waals surface area contributed by atoms with Crippen molar-refractivity contribution < 1.29 is 19.7 Å². The number of benzene rings is 1. The average molecular weight is 210 g/mol. The number of hydrogen-bond donors (Lipinski definition) is 2. The van der Waals surface area contributed by atoms with Crippen molar-refractivity contribution in [2.75, 3.05) is 0 Å². The van der Waals surface area contributed by atoms with E-state index in [0.29, 0.717) is 0 Å². The molecule has 1 aromatic rings. The first-order chi connectivity index (χ1) is 7.11. The Hall–Kier alpha value is -1.39. The highest BCUT2D eigenvalue weighted by atomic mass is 16.5. The van der Waals surface area contributed by atoms with Gasteiger partial charge in [-0.15, -0.1) is 0 Å². The third-order valence-electron chi connectivity index (χ3n) is 1.92. The lowest BCUT2D eigenvalue weighted by Gasteiger charge is -2.12. The largest absolute Gasteiger partial charge is 0.459 e. The van der Waals surface area contributed by atoms with Gasteiger partial charge in [0, 0.05) is 0 Å². The number of carbonyl (C=O) groups excluding carboxylic acids is 1. The van der Waals surface area contributed by atoms with Crippen LogP contribution >= 0.6 is 0 Å². The Bertz CT molecular complexity index is 308. The Kier molecular flexibility index (Phi) is 4.27. The van der Waals surface area contributed by atoms with Gasteiger partial charge < -0.3 is 14.9 Å². The molecule has 0 aliphatic carbocycles. The van der Waals surface area contributed by atoms with Gasteiger partial charge >= 0.3 is 5.97 Å². The highest BCUT2D eigenvalue weighted by Crippen LogP contribution is 2.03. The number of ether oxygens (including phenoxy) is 1. The van der Waals surface area contributed by atoms with Crippen LogP contribution in [0.15, 0.2) is 30.3 Å². The van der Waals surface area contributed by atoms with Gasteiger partial charge in [-0.2, -0.15) is 0 Å².